The van der Waals surface area contributed by atoms with Gasteiger partial charge in [0, 0.05) is 43.6 Å². The number of aromatic nitrogens is 4. The lowest BCUT2D eigenvalue weighted by Gasteiger charge is -2.32. The summed E-state index contributed by atoms with van der Waals surface area (Å²) in [5, 5.41) is 8.05. The van der Waals surface area contributed by atoms with Crippen LogP contribution in [0.3, 0.4) is 0 Å². The van der Waals surface area contributed by atoms with E-state index in [2.05, 4.69) is 42.4 Å². The molecule has 1 saturated heterocycles. The van der Waals surface area contributed by atoms with Crippen LogP contribution in [0.4, 0.5) is 23.4 Å². The molecule has 1 amide bonds. The minimum absolute atomic E-state index is 0.218. The summed E-state index contributed by atoms with van der Waals surface area (Å²) in [6.07, 6.45) is 1.59. The molecule has 0 unspecified atom stereocenters. The summed E-state index contributed by atoms with van der Waals surface area (Å²) in [5.41, 5.74) is 1.21. The van der Waals surface area contributed by atoms with E-state index in [1.54, 1.807) is 29.7 Å². The van der Waals surface area contributed by atoms with Crippen LogP contribution in [0.2, 0.25) is 0 Å². The molecular formula is C24H24N8OS. The number of thiophene rings is 1. The molecule has 1 aliphatic rings. The topological polar surface area (TPSA) is 99.2 Å². The largest absolute Gasteiger partial charge is 0.338 e. The van der Waals surface area contributed by atoms with E-state index in [4.69, 9.17) is 4.98 Å². The second-order valence-corrected chi connectivity index (χ2v) is 8.87. The third-order valence-corrected chi connectivity index (χ3v) is 6.31. The Bertz CT molecular complexity index is 1260. The van der Waals surface area contributed by atoms with Gasteiger partial charge in [0.2, 0.25) is 11.9 Å². The fourth-order valence-electron chi connectivity index (χ4n) is 3.56. The van der Waals surface area contributed by atoms with Gasteiger partial charge in [-0.3, -0.25) is 4.79 Å². The molecule has 0 aliphatic carbocycles. The molecule has 0 saturated carbocycles. The number of hydrogen-bond acceptors (Lipinski definition) is 9. The number of rotatable bonds is 6. The van der Waals surface area contributed by atoms with Gasteiger partial charge in [0.05, 0.1) is 4.88 Å². The van der Waals surface area contributed by atoms with Crippen molar-refractivity contribution in [1.82, 2.24) is 24.8 Å². The van der Waals surface area contributed by atoms with Crippen molar-refractivity contribution >= 4 is 40.6 Å². The predicted molar refractivity (Wildman–Crippen MR) is 135 cm³/mol. The first-order chi connectivity index (χ1) is 16.6. The molecule has 1 aliphatic heterocycles. The summed E-state index contributed by atoms with van der Waals surface area (Å²) in [6.45, 7) is 3.58. The quantitative estimate of drug-likeness (QED) is 0.438. The predicted octanol–water partition coefficient (Wildman–Crippen LogP) is 3.74. The fraction of sp³-hybridized carbons (Fsp3) is 0.208. The van der Waals surface area contributed by atoms with Gasteiger partial charge >= 0.3 is 0 Å². The minimum Gasteiger partial charge on any atom is -0.338 e. The van der Waals surface area contributed by atoms with Crippen LogP contribution in [-0.4, -0.2) is 64.0 Å². The Balaban J connectivity index is 1.40. The lowest BCUT2D eigenvalue weighted by molar-refractivity contribution is 0.102. The molecule has 34 heavy (non-hydrogen) atoms. The zero-order valence-corrected chi connectivity index (χ0v) is 19.5. The summed E-state index contributed by atoms with van der Waals surface area (Å²) in [5.74, 6) is 1.89. The standard InChI is InChI=1S/C24H24N8OS/c1-31-11-13-32(14-12-31)24-29-21(19-8-5-15-34-19)28-23(30-24)27-20-16-17(9-10-25-20)22(33)26-18-6-3-2-4-7-18/h2-10,15-16H,11-14H2,1H3,(H,26,33)(H,25,27,28,29,30). The molecule has 1 fully saturated rings. The number of nitrogens with zero attached hydrogens (tertiary/aromatic N) is 6. The van der Waals surface area contributed by atoms with Crippen molar-refractivity contribution in [3.8, 4) is 10.7 Å². The van der Waals surface area contributed by atoms with Gasteiger partial charge in [0.15, 0.2) is 5.82 Å². The Hall–Kier alpha value is -3.89. The van der Waals surface area contributed by atoms with E-state index >= 15 is 0 Å². The third-order valence-electron chi connectivity index (χ3n) is 5.44. The number of nitrogens with one attached hydrogen (secondary N) is 2. The zero-order chi connectivity index (χ0) is 23.3. The van der Waals surface area contributed by atoms with Crippen molar-refractivity contribution in [2.45, 2.75) is 0 Å². The molecule has 9 nitrogen and oxygen atoms in total. The highest BCUT2D eigenvalue weighted by atomic mass is 32.1. The van der Waals surface area contributed by atoms with Crippen LogP contribution in [0.25, 0.3) is 10.7 Å². The summed E-state index contributed by atoms with van der Waals surface area (Å²) in [4.78, 5) is 36.5. The average Bonchev–Trinajstić information content (AvgIpc) is 3.40. The second-order valence-electron chi connectivity index (χ2n) is 7.93. The molecule has 10 heteroatoms. The van der Waals surface area contributed by atoms with Crippen LogP contribution in [0.1, 0.15) is 10.4 Å². The average molecular weight is 473 g/mol. The molecule has 5 rings (SSSR count). The van der Waals surface area contributed by atoms with Gasteiger partial charge in [-0.1, -0.05) is 24.3 Å². The monoisotopic (exact) mass is 472 g/mol. The first-order valence-electron chi connectivity index (χ1n) is 11.0. The van der Waals surface area contributed by atoms with Crippen molar-refractivity contribution in [3.05, 3.63) is 71.7 Å². The number of benzene rings is 1. The van der Waals surface area contributed by atoms with Crippen LogP contribution in [-0.2, 0) is 0 Å². The van der Waals surface area contributed by atoms with Gasteiger partial charge in [-0.2, -0.15) is 15.0 Å². The van der Waals surface area contributed by atoms with E-state index in [0.717, 1.165) is 36.7 Å². The SMILES string of the molecule is CN1CCN(c2nc(Nc3cc(C(=O)Nc4ccccc4)ccn3)nc(-c3cccs3)n2)CC1. The van der Waals surface area contributed by atoms with Crippen LogP contribution in [0.15, 0.2) is 66.2 Å². The van der Waals surface area contributed by atoms with Crippen LogP contribution in [0, 0.1) is 0 Å². The summed E-state index contributed by atoms with van der Waals surface area (Å²) >= 11 is 1.58. The fourth-order valence-corrected chi connectivity index (χ4v) is 4.22. The Morgan fingerprint density at radius 2 is 1.79 bits per heavy atom. The van der Waals surface area contributed by atoms with Gasteiger partial charge in [-0.05, 0) is 42.8 Å². The molecular weight excluding hydrogens is 448 g/mol. The van der Waals surface area contributed by atoms with Gasteiger partial charge in [-0.15, -0.1) is 11.3 Å². The van der Waals surface area contributed by atoms with Gasteiger partial charge in [0.1, 0.15) is 5.82 Å². The highest BCUT2D eigenvalue weighted by Gasteiger charge is 2.19. The number of para-hydroxylation sites is 1. The highest BCUT2D eigenvalue weighted by molar-refractivity contribution is 7.13. The number of likely N-dealkylation sites (N-methyl/N-ethyl adjacent to an activating group) is 1. The molecule has 0 bridgehead atoms. The highest BCUT2D eigenvalue weighted by Crippen LogP contribution is 2.25. The summed E-state index contributed by atoms with van der Waals surface area (Å²) in [7, 11) is 2.11. The van der Waals surface area contributed by atoms with E-state index in [9.17, 15) is 4.79 Å². The number of carbonyl (C=O) groups is 1. The number of pyridine rings is 1. The van der Waals surface area contributed by atoms with E-state index in [1.165, 1.54) is 0 Å². The Kier molecular flexibility index (Phi) is 6.41. The molecule has 0 atom stereocenters. The number of anilines is 4. The summed E-state index contributed by atoms with van der Waals surface area (Å²) in [6, 6.07) is 16.7. The van der Waals surface area contributed by atoms with Crippen molar-refractivity contribution in [2.24, 2.45) is 0 Å². The normalized spacial score (nSPS) is 14.1. The molecule has 4 aromatic rings. The molecule has 172 valence electrons. The van der Waals surface area contributed by atoms with Gasteiger partial charge in [-0.25, -0.2) is 4.98 Å². The van der Waals surface area contributed by atoms with E-state index in [1.807, 2.05) is 47.8 Å². The second kappa shape index (κ2) is 9.94. The third kappa shape index (κ3) is 5.19. The molecule has 1 aromatic carbocycles. The Morgan fingerprint density at radius 3 is 2.56 bits per heavy atom. The summed E-state index contributed by atoms with van der Waals surface area (Å²) < 4.78 is 0. The van der Waals surface area contributed by atoms with Crippen molar-refractivity contribution in [1.29, 1.82) is 0 Å². The van der Waals surface area contributed by atoms with E-state index < -0.39 is 0 Å². The Labute approximate surface area is 201 Å². The van der Waals surface area contributed by atoms with Crippen molar-refractivity contribution in [3.63, 3.8) is 0 Å². The number of carbonyl (C=O) groups excluding carboxylic acids is 1. The van der Waals surface area contributed by atoms with Gasteiger partial charge < -0.3 is 20.4 Å². The van der Waals surface area contributed by atoms with Crippen LogP contribution >= 0.6 is 11.3 Å². The maximum atomic E-state index is 12.7. The maximum Gasteiger partial charge on any atom is 0.255 e. The Morgan fingerprint density at radius 1 is 0.971 bits per heavy atom. The molecule has 2 N–H and O–H groups in total. The number of amides is 1. The smallest absolute Gasteiger partial charge is 0.255 e. The lowest BCUT2D eigenvalue weighted by atomic mass is 10.2. The van der Waals surface area contributed by atoms with E-state index in [-0.39, 0.29) is 5.91 Å². The lowest BCUT2D eigenvalue weighted by Crippen LogP contribution is -2.45. The first kappa shape index (κ1) is 21.9. The van der Waals surface area contributed by atoms with Crippen LogP contribution in [0.5, 0.6) is 0 Å². The molecule has 0 spiro atoms. The maximum absolute atomic E-state index is 12.7. The molecule has 3 aromatic heterocycles. The zero-order valence-electron chi connectivity index (χ0n) is 18.7. The van der Waals surface area contributed by atoms with Crippen molar-refractivity contribution < 1.29 is 4.79 Å². The molecule has 4 heterocycles. The van der Waals surface area contributed by atoms with Gasteiger partial charge in [0.25, 0.3) is 5.91 Å². The van der Waals surface area contributed by atoms with E-state index in [0.29, 0.717) is 29.1 Å². The number of hydrogen-bond donors (Lipinski definition) is 2. The van der Waals surface area contributed by atoms with Crippen molar-refractivity contribution in [2.75, 3.05) is 48.8 Å². The molecule has 0 radical (unpaired) electrons. The van der Waals surface area contributed by atoms with Crippen LogP contribution < -0.4 is 15.5 Å². The first-order valence-corrected chi connectivity index (χ1v) is 11.8. The minimum atomic E-state index is -0.218. The number of piperazine rings is 1.